The number of piperazine rings is 1. The van der Waals surface area contributed by atoms with E-state index in [0.717, 1.165) is 30.5 Å². The maximum absolute atomic E-state index is 12.9. The van der Waals surface area contributed by atoms with E-state index in [9.17, 15) is 14.4 Å². The van der Waals surface area contributed by atoms with Crippen molar-refractivity contribution in [1.29, 1.82) is 0 Å². The lowest BCUT2D eigenvalue weighted by Gasteiger charge is -2.55. The minimum atomic E-state index is -0.273. The monoisotopic (exact) mass is 437 g/mol. The lowest BCUT2D eigenvalue weighted by Crippen LogP contribution is -2.69. The van der Waals surface area contributed by atoms with Crippen LogP contribution in [0.4, 0.5) is 10.8 Å². The zero-order valence-corrected chi connectivity index (χ0v) is 17.8. The van der Waals surface area contributed by atoms with E-state index in [1.165, 1.54) is 17.4 Å². The van der Waals surface area contributed by atoms with Crippen LogP contribution in [0.2, 0.25) is 0 Å². The minimum absolute atomic E-state index is 0.0149. The minimum Gasteiger partial charge on any atom is -0.352 e. The first-order valence-electron chi connectivity index (χ1n) is 10.4. The van der Waals surface area contributed by atoms with Crippen LogP contribution < -0.4 is 20.9 Å². The molecule has 3 aliphatic rings. The van der Waals surface area contributed by atoms with Gasteiger partial charge in [-0.1, -0.05) is 12.6 Å². The molecular formula is C22H23N5O3S. The topological polar surface area (TPSA) is 103 Å². The van der Waals surface area contributed by atoms with E-state index in [1.54, 1.807) is 11.4 Å². The number of fused-ring (bicyclic) bond motifs is 4. The number of hydrogen-bond acceptors (Lipinski definition) is 6. The highest BCUT2D eigenvalue weighted by molar-refractivity contribution is 7.14. The van der Waals surface area contributed by atoms with E-state index in [1.807, 2.05) is 12.1 Å². The first-order valence-corrected chi connectivity index (χ1v) is 11.2. The lowest BCUT2D eigenvalue weighted by atomic mass is 9.73. The fourth-order valence-electron chi connectivity index (χ4n) is 4.69. The molecule has 0 bridgehead atoms. The van der Waals surface area contributed by atoms with Gasteiger partial charge < -0.3 is 15.5 Å². The maximum atomic E-state index is 12.9. The number of rotatable bonds is 5. The van der Waals surface area contributed by atoms with Gasteiger partial charge in [-0.3, -0.25) is 19.7 Å². The maximum Gasteiger partial charge on any atom is 0.257 e. The van der Waals surface area contributed by atoms with Crippen LogP contribution >= 0.6 is 11.3 Å². The Hall–Kier alpha value is -3.20. The highest BCUT2D eigenvalue weighted by atomic mass is 32.1. The van der Waals surface area contributed by atoms with Gasteiger partial charge in [0.05, 0.1) is 17.8 Å². The Labute approximate surface area is 183 Å². The normalized spacial score (nSPS) is 20.3. The first-order chi connectivity index (χ1) is 15.0. The van der Waals surface area contributed by atoms with Crippen LogP contribution in [0.1, 0.15) is 40.9 Å². The number of anilines is 2. The summed E-state index contributed by atoms with van der Waals surface area (Å²) in [7, 11) is 0. The quantitative estimate of drug-likeness (QED) is 0.621. The predicted octanol–water partition coefficient (Wildman–Crippen LogP) is 1.98. The molecular weight excluding hydrogens is 414 g/mol. The molecule has 160 valence electrons. The molecule has 1 unspecified atom stereocenters. The fourth-order valence-corrected chi connectivity index (χ4v) is 5.39. The van der Waals surface area contributed by atoms with E-state index in [0.29, 0.717) is 29.4 Å². The molecule has 0 radical (unpaired) electrons. The number of nitrogens with zero attached hydrogens (tertiary/aromatic N) is 2. The molecule has 9 heteroatoms. The number of carbonyl (C=O) groups excluding carboxylic acids is 3. The van der Waals surface area contributed by atoms with Crippen LogP contribution in [0.5, 0.6) is 0 Å². The van der Waals surface area contributed by atoms with Gasteiger partial charge in [0.1, 0.15) is 6.04 Å². The summed E-state index contributed by atoms with van der Waals surface area (Å²) in [6, 6.07) is 5.48. The number of thiazole rings is 1. The summed E-state index contributed by atoms with van der Waals surface area (Å²) >= 11 is 1.30. The summed E-state index contributed by atoms with van der Waals surface area (Å²) in [5.41, 5.74) is 3.30. The third-order valence-electron chi connectivity index (χ3n) is 6.42. The van der Waals surface area contributed by atoms with E-state index in [2.05, 4.69) is 32.4 Å². The van der Waals surface area contributed by atoms with Gasteiger partial charge in [-0.25, -0.2) is 4.98 Å². The molecule has 1 aliphatic carbocycles. The molecule has 2 fully saturated rings. The molecule has 31 heavy (non-hydrogen) atoms. The molecule has 3 amide bonds. The van der Waals surface area contributed by atoms with Gasteiger partial charge in [-0.15, -0.1) is 11.3 Å². The molecule has 1 saturated carbocycles. The number of amides is 3. The number of nitrogens with one attached hydrogen (secondary N) is 3. The first kappa shape index (κ1) is 19.7. The van der Waals surface area contributed by atoms with Crippen LogP contribution in [0, 0.1) is 0 Å². The molecule has 1 atom stereocenters. The van der Waals surface area contributed by atoms with E-state index in [4.69, 9.17) is 0 Å². The predicted molar refractivity (Wildman–Crippen MR) is 118 cm³/mol. The molecule has 3 N–H and O–H groups in total. The summed E-state index contributed by atoms with van der Waals surface area (Å²) in [4.78, 5) is 43.3. The Balaban J connectivity index is 1.33. The zero-order valence-electron chi connectivity index (χ0n) is 16.9. The Kier molecular flexibility index (Phi) is 4.77. The van der Waals surface area contributed by atoms with Crippen LogP contribution in [-0.4, -0.2) is 40.8 Å². The Bertz CT molecular complexity index is 1090. The van der Waals surface area contributed by atoms with E-state index in [-0.39, 0.29) is 35.8 Å². The number of aromatic nitrogens is 1. The third-order valence-corrected chi connectivity index (χ3v) is 7.23. The molecule has 1 saturated heterocycles. The van der Waals surface area contributed by atoms with E-state index < -0.39 is 0 Å². The summed E-state index contributed by atoms with van der Waals surface area (Å²) in [5.74, 6) is -0.448. The molecule has 8 nitrogen and oxygen atoms in total. The van der Waals surface area contributed by atoms with Crippen molar-refractivity contribution < 1.29 is 14.4 Å². The third kappa shape index (κ3) is 3.38. The van der Waals surface area contributed by atoms with Crippen molar-refractivity contribution in [1.82, 2.24) is 15.6 Å². The Morgan fingerprint density at radius 1 is 1.39 bits per heavy atom. The van der Waals surface area contributed by atoms with Crippen LogP contribution in [0.3, 0.4) is 0 Å². The average molecular weight is 438 g/mol. The molecule has 5 rings (SSSR count). The average Bonchev–Trinajstić information content (AvgIpc) is 3.36. The Morgan fingerprint density at radius 2 is 2.23 bits per heavy atom. The van der Waals surface area contributed by atoms with Crippen molar-refractivity contribution in [2.75, 3.05) is 16.8 Å². The van der Waals surface area contributed by atoms with Crippen molar-refractivity contribution in [3.05, 3.63) is 53.1 Å². The van der Waals surface area contributed by atoms with E-state index >= 15 is 0 Å². The summed E-state index contributed by atoms with van der Waals surface area (Å²) in [5, 5.41) is 10.8. The van der Waals surface area contributed by atoms with Crippen molar-refractivity contribution >= 4 is 39.9 Å². The molecule has 2 aliphatic heterocycles. The smallest absolute Gasteiger partial charge is 0.257 e. The number of benzene rings is 1. The molecule has 1 aromatic carbocycles. The van der Waals surface area contributed by atoms with Gasteiger partial charge in [0.25, 0.3) is 5.91 Å². The molecule has 1 spiro atoms. The van der Waals surface area contributed by atoms with Gasteiger partial charge in [0.2, 0.25) is 11.8 Å². The summed E-state index contributed by atoms with van der Waals surface area (Å²) in [6.07, 6.45) is 5.16. The van der Waals surface area contributed by atoms with Crippen molar-refractivity contribution in [2.24, 2.45) is 0 Å². The summed E-state index contributed by atoms with van der Waals surface area (Å²) < 4.78 is 0. The number of carbonyl (C=O) groups is 3. The molecule has 1 aromatic heterocycles. The second-order valence-corrected chi connectivity index (χ2v) is 9.11. The van der Waals surface area contributed by atoms with Crippen molar-refractivity contribution in [2.45, 2.75) is 43.8 Å². The zero-order chi connectivity index (χ0) is 21.6. The van der Waals surface area contributed by atoms with Gasteiger partial charge in [-0.2, -0.15) is 0 Å². The summed E-state index contributed by atoms with van der Waals surface area (Å²) in [6.45, 7) is 4.35. The standard InChI is InChI=1S/C22H23N5O3S/c1-2-18(28)23-10-15-11-31-21(25-15)26-19(29)14-5-4-13-8-17-20(30)24-12-22(6-3-7-22)27(17)16(13)9-14/h2,4-5,9,11,17H,1,3,6-8,10,12H2,(H,23,28)(H,24,30)(H,25,26,29). The van der Waals surface area contributed by atoms with Crippen LogP contribution in [0.25, 0.3) is 0 Å². The van der Waals surface area contributed by atoms with Gasteiger partial charge in [0, 0.05) is 29.6 Å². The lowest BCUT2D eigenvalue weighted by molar-refractivity contribution is -0.125. The fraction of sp³-hybridized carbons (Fsp3) is 0.364. The highest BCUT2D eigenvalue weighted by Gasteiger charge is 2.53. The van der Waals surface area contributed by atoms with Gasteiger partial charge in [-0.05, 0) is 43.0 Å². The number of hydrogen-bond donors (Lipinski definition) is 3. The molecule has 2 aromatic rings. The molecule has 3 heterocycles. The second-order valence-electron chi connectivity index (χ2n) is 8.25. The largest absolute Gasteiger partial charge is 0.352 e. The Morgan fingerprint density at radius 3 is 2.97 bits per heavy atom. The van der Waals surface area contributed by atoms with Gasteiger partial charge in [0.15, 0.2) is 5.13 Å². The second kappa shape index (κ2) is 7.49. The van der Waals surface area contributed by atoms with Crippen molar-refractivity contribution in [3.8, 4) is 0 Å². The van der Waals surface area contributed by atoms with Crippen LogP contribution in [0.15, 0.2) is 36.2 Å². The van der Waals surface area contributed by atoms with Crippen LogP contribution in [-0.2, 0) is 22.6 Å². The highest BCUT2D eigenvalue weighted by Crippen LogP contribution is 2.48. The van der Waals surface area contributed by atoms with Gasteiger partial charge >= 0.3 is 0 Å². The van der Waals surface area contributed by atoms with Crippen molar-refractivity contribution in [3.63, 3.8) is 0 Å². The SMILES string of the molecule is C=CC(=O)NCc1csc(NC(=O)c2ccc3c(c2)N2C(C3)C(=O)NCC23CCC3)n1.